The van der Waals surface area contributed by atoms with Gasteiger partial charge in [-0.3, -0.25) is 63.1 Å². The van der Waals surface area contributed by atoms with Crippen molar-refractivity contribution in [3.8, 4) is 0 Å². The highest BCUT2D eigenvalue weighted by atomic mass is 32.2. The highest BCUT2D eigenvalue weighted by Gasteiger charge is 2.47. The molecule has 760 valence electrons. The van der Waals surface area contributed by atoms with E-state index in [2.05, 4.69) is 116 Å². The molecule has 8 aliphatic heterocycles. The Morgan fingerprint density at radius 1 is 0.403 bits per heavy atom. The summed E-state index contributed by atoms with van der Waals surface area (Å²) in [5, 5.41) is 36.2. The standard InChI is InChI=1S/C29H42N4O5S3.C24H34N4O4S2.C22H30N4O4S2.C21H28N4O4S3/c1-5-6-7-8-9-13-24(35)39-14-11-10-12-20-15-22(34)30-16-23-31-21(17-40-23)26-33-29(4,18-41-26)28(37)32-25(19(2)3)27(36)38-20;1-14(2)8-6-7-9-16-10-18(29)25-11-19-26-17(12-33-19)21-28-24(5,13-34-21)23(31)27-20(15(3)4)22(30)32-16;1-5-6-7-8-14-9-16(27)23-10-17-24-15(11-31-17)19-26-22(4,12-32-19)21(29)25-18(13(2)3)20(28)30-14;1-12(2)17-19(27)29-13(6-4-5-7-30)8-15(26)22-9-16-23-14(10-31-16)18-25-21(3,11-32-18)20(28)24-17/h10,12,17,19-20,25H,5-9,11,13-16,18H2,1-4H3,(H,30,34)(H,32,37);7,9,12,14-16,20H,6,8,10-11,13H2,1-5H3,(H,25,29)(H,27,31);7-8,11,13-14,18H,5-6,9-10,12H2,1-4H3,(H,23,27)(H,25,29);4,6,10,12-13,17,30H,5,7-9,11H2,1-3H3,(H,22,26)(H,24,28)/b12-10+;9-7+;8-7+;6-4+/t20-,25+,29+;16-,20+,24+;14-,18+,22+;13-,17+,21+/m1111/s1. The molecule has 12 rings (SSSR count). The fraction of sp³-hybridized carbons (Fsp3) is 0.615. The topological polar surface area (TPSA) is 456 Å². The molecule has 0 aromatic carbocycles. The molecule has 0 radical (unpaired) electrons. The van der Waals surface area contributed by atoms with Gasteiger partial charge in [0, 0.05) is 56.7 Å². The largest absolute Gasteiger partial charge is 0.456 e. The molecule has 0 saturated heterocycles. The molecule has 0 saturated carbocycles. The van der Waals surface area contributed by atoms with Gasteiger partial charge in [-0.2, -0.15) is 12.6 Å². The van der Waals surface area contributed by atoms with Crippen LogP contribution in [0.1, 0.15) is 256 Å². The molecule has 43 heteroatoms. The van der Waals surface area contributed by atoms with E-state index in [9.17, 15) is 62.3 Å². The number of aliphatic imine (C=N–C) groups is 4. The number of cyclic esters (lactones) is 4. The van der Waals surface area contributed by atoms with E-state index in [4.69, 9.17) is 18.9 Å². The number of allylic oxidation sites excluding steroid dienone is 4. The molecule has 8 N–H and O–H groups in total. The van der Waals surface area contributed by atoms with Crippen LogP contribution in [0.15, 0.2) is 90.1 Å². The molecule has 4 aromatic rings. The van der Waals surface area contributed by atoms with Crippen LogP contribution in [-0.2, 0) is 107 Å². The molecule has 8 amide bonds. The van der Waals surface area contributed by atoms with E-state index in [1.807, 2.05) is 108 Å². The van der Waals surface area contributed by atoms with Crippen LogP contribution in [0.25, 0.3) is 0 Å². The number of amides is 8. The second-order valence-electron chi connectivity index (χ2n) is 37.2. The van der Waals surface area contributed by atoms with Gasteiger partial charge in [0.1, 0.15) is 134 Å². The first-order valence-electron chi connectivity index (χ1n) is 47.4. The number of unbranched alkanes of at least 4 members (excludes halogenated alkanes) is 5. The first kappa shape index (κ1) is 114. The molecular weight excluding hydrogens is 1970 g/mol. The fourth-order valence-electron chi connectivity index (χ4n) is 14.2. The van der Waals surface area contributed by atoms with E-state index >= 15 is 0 Å². The fourth-order valence-corrected chi connectivity index (χ4v) is 22.8. The van der Waals surface area contributed by atoms with E-state index in [1.165, 1.54) is 123 Å². The minimum absolute atomic E-state index is 0.00118. The Kier molecular flexibility index (Phi) is 45.5. The quantitative estimate of drug-likeness (QED) is 0.0103. The number of nitrogens with one attached hydrogen (secondary N) is 8. The number of rotatable bonds is 24. The van der Waals surface area contributed by atoms with Crippen LogP contribution in [-0.4, -0.2) is 222 Å². The minimum Gasteiger partial charge on any atom is -0.456 e. The molecule has 0 fully saturated rings. The van der Waals surface area contributed by atoms with E-state index in [1.54, 1.807) is 52.0 Å². The Hall–Kier alpha value is -8.43. The highest BCUT2D eigenvalue weighted by molar-refractivity contribution is 8.15. The van der Waals surface area contributed by atoms with Crippen molar-refractivity contribution in [3.05, 3.63) is 113 Å². The number of thiol groups is 1. The first-order valence-corrected chi connectivity index (χ1v) is 56.4. The highest BCUT2D eigenvalue weighted by Crippen LogP contribution is 2.38. The number of nitrogens with zero attached hydrogens (tertiary/aromatic N) is 8. The number of fused-ring (bicyclic) bond motifs is 16. The summed E-state index contributed by atoms with van der Waals surface area (Å²) in [5.74, 6) is -1.86. The zero-order valence-corrected chi connectivity index (χ0v) is 90.2. The maximum absolute atomic E-state index is 13.3. The molecular formula is C96H134N16O17S10. The summed E-state index contributed by atoms with van der Waals surface area (Å²) < 4.78 is 22.8. The summed E-state index contributed by atoms with van der Waals surface area (Å²) in [6.07, 6.45) is 22.4. The predicted molar refractivity (Wildman–Crippen MR) is 560 cm³/mol. The van der Waals surface area contributed by atoms with E-state index in [0.717, 1.165) is 58.6 Å². The number of ether oxygens (including phenoxy) is 4. The van der Waals surface area contributed by atoms with Gasteiger partial charge in [-0.25, -0.2) is 39.1 Å². The molecule has 8 aliphatic rings. The number of esters is 4. The number of carbonyl (C=O) groups excluding carboxylic acids is 13. The Morgan fingerprint density at radius 3 is 0.957 bits per heavy atom. The van der Waals surface area contributed by atoms with Crippen LogP contribution in [0.5, 0.6) is 0 Å². The molecule has 33 nitrogen and oxygen atoms in total. The zero-order valence-electron chi connectivity index (χ0n) is 82.0. The molecule has 0 spiro atoms. The monoisotopic (exact) mass is 2100 g/mol. The van der Waals surface area contributed by atoms with Gasteiger partial charge in [-0.15, -0.1) is 92.4 Å². The second-order valence-corrected chi connectivity index (χ2v) is 46.4. The van der Waals surface area contributed by atoms with Crippen molar-refractivity contribution in [1.29, 1.82) is 0 Å². The van der Waals surface area contributed by atoms with Crippen molar-refractivity contribution >= 4 is 213 Å². The average molecular weight is 2100 g/mol. The summed E-state index contributed by atoms with van der Waals surface area (Å²) >= 11 is 17.0. The molecule has 0 aliphatic carbocycles. The average Bonchev–Trinajstić information content (AvgIpc) is 1.67. The summed E-state index contributed by atoms with van der Waals surface area (Å²) in [6.45, 7) is 31.3. The number of aromatic nitrogens is 4. The Labute approximate surface area is 857 Å². The van der Waals surface area contributed by atoms with Gasteiger partial charge in [0.2, 0.25) is 47.3 Å². The smallest absolute Gasteiger partial charge is 0.329 e. The number of hydrogen-bond donors (Lipinski definition) is 9. The van der Waals surface area contributed by atoms with Crippen LogP contribution in [0, 0.1) is 29.6 Å². The third-order valence-electron chi connectivity index (χ3n) is 22.7. The van der Waals surface area contributed by atoms with Crippen molar-refractivity contribution in [1.82, 2.24) is 62.5 Å². The maximum atomic E-state index is 13.3. The lowest BCUT2D eigenvalue weighted by molar-refractivity contribution is -0.154. The Bertz CT molecular complexity index is 5060. The van der Waals surface area contributed by atoms with Crippen LogP contribution in [0.3, 0.4) is 0 Å². The summed E-state index contributed by atoms with van der Waals surface area (Å²) in [7, 11) is 0. The molecule has 139 heavy (non-hydrogen) atoms. The van der Waals surface area contributed by atoms with Crippen molar-refractivity contribution in [2.24, 2.45) is 49.6 Å². The lowest BCUT2D eigenvalue weighted by Gasteiger charge is -2.27. The number of thiazole rings is 4. The summed E-state index contributed by atoms with van der Waals surface area (Å²) in [4.78, 5) is 204. The molecule has 0 unspecified atom stereocenters. The number of hydrogen-bond acceptors (Lipinski definition) is 35. The zero-order chi connectivity index (χ0) is 101. The minimum atomic E-state index is -1.04. The lowest BCUT2D eigenvalue weighted by Crippen LogP contribution is -2.53. The SMILES string of the molecule is CC(C)CC/C=C/[C@@H]1CC(=O)NCc2nc(cs2)C2=N[C@@](C)(CS2)C(=O)N[C@@H](C(C)C)C(=O)O1.CC(C)[C@@H]1NC(=O)[C@]2(C)CSC(=N2)c2csc(n2)CNC(=O)C[C@@H](/C=C/CCS)OC1=O.CCC/C=C/[C@@H]1CC(=O)NCc2nc(cs2)C2=N[C@@](C)(CS2)C(=O)N[C@@H](C(C)C)C(=O)O1.CCCCCCCC(=O)SCC/C=C/[C@@H]1CC(=O)NCc2nc(cs2)C2=N[C@@](C)(CS2)C(=O)N[C@@H](C(C)C)C(=O)O1. The van der Waals surface area contributed by atoms with Crippen LogP contribution < -0.4 is 42.5 Å². The lowest BCUT2D eigenvalue weighted by atomic mass is 10.0. The normalized spacial score (nSPS) is 26.1. The van der Waals surface area contributed by atoms with Gasteiger partial charge in [-0.05, 0) is 126 Å². The van der Waals surface area contributed by atoms with Gasteiger partial charge in [-0.1, -0.05) is 151 Å². The van der Waals surface area contributed by atoms with Gasteiger partial charge in [0.05, 0.1) is 51.9 Å². The summed E-state index contributed by atoms with van der Waals surface area (Å²) in [5.41, 5.74) is -1.26. The van der Waals surface area contributed by atoms with Gasteiger partial charge >= 0.3 is 23.9 Å². The van der Waals surface area contributed by atoms with Crippen LogP contribution in [0.2, 0.25) is 0 Å². The molecule has 4 aromatic heterocycles. The van der Waals surface area contributed by atoms with Gasteiger partial charge in [0.15, 0.2) is 5.12 Å². The van der Waals surface area contributed by atoms with Crippen LogP contribution in [0.4, 0.5) is 0 Å². The van der Waals surface area contributed by atoms with E-state index < -0.39 is 94.6 Å². The third-order valence-corrected chi connectivity index (χ3v) is 32.4. The van der Waals surface area contributed by atoms with Crippen molar-refractivity contribution < 1.29 is 81.3 Å². The van der Waals surface area contributed by atoms with E-state index in [-0.39, 0.29) is 128 Å². The summed E-state index contributed by atoms with van der Waals surface area (Å²) in [6, 6.07) is -3.44. The molecule has 12 heterocycles. The Balaban J connectivity index is 0.000000208. The van der Waals surface area contributed by atoms with Gasteiger partial charge in [0.25, 0.3) is 0 Å². The first-order chi connectivity index (χ1) is 66.1. The molecule has 16 bridgehead atoms. The maximum Gasteiger partial charge on any atom is 0.329 e. The number of carbonyl (C=O) groups is 13. The van der Waals surface area contributed by atoms with Crippen molar-refractivity contribution in [3.63, 3.8) is 0 Å². The predicted octanol–water partition coefficient (Wildman–Crippen LogP) is 13.7. The second kappa shape index (κ2) is 55.4. The molecule has 12 atom stereocenters. The van der Waals surface area contributed by atoms with Crippen molar-refractivity contribution in [2.75, 3.05) is 34.5 Å². The Morgan fingerprint density at radius 2 is 0.683 bits per heavy atom. The van der Waals surface area contributed by atoms with Gasteiger partial charge < -0.3 is 61.5 Å². The number of thioether (sulfide) groups is 5. The van der Waals surface area contributed by atoms with Crippen molar-refractivity contribution in [2.45, 2.75) is 310 Å². The third kappa shape index (κ3) is 35.5. The van der Waals surface area contributed by atoms with E-state index in [0.29, 0.717) is 103 Å². The van der Waals surface area contributed by atoms with Crippen LogP contribution >= 0.6 is 117 Å².